The minimum Gasteiger partial charge on any atom is -0.444 e. The monoisotopic (exact) mass is 266 g/mol. The highest BCUT2D eigenvalue weighted by Crippen LogP contribution is 2.20. The van der Waals surface area contributed by atoms with Crippen LogP contribution in [0, 0.1) is 0 Å². The van der Waals surface area contributed by atoms with Crippen LogP contribution in [0.5, 0.6) is 0 Å². The smallest absolute Gasteiger partial charge is 0.410 e. The van der Waals surface area contributed by atoms with Crippen LogP contribution in [0.4, 0.5) is 4.79 Å². The summed E-state index contributed by atoms with van der Waals surface area (Å²) in [5.74, 6) is 0. The van der Waals surface area contributed by atoms with Crippen molar-refractivity contribution in [1.29, 1.82) is 0 Å². The van der Waals surface area contributed by atoms with Crippen LogP contribution in [0.25, 0.3) is 0 Å². The SMILES string of the molecule is C=C/C=C(\C)NC[C@@H]1CCCN1C(=O)OC(C)(C)C. The lowest BCUT2D eigenvalue weighted by Gasteiger charge is -2.29. The Kier molecular flexibility index (Phi) is 5.45. The molecule has 0 saturated carbocycles. The van der Waals surface area contributed by atoms with Crippen molar-refractivity contribution in [3.8, 4) is 0 Å². The van der Waals surface area contributed by atoms with Gasteiger partial charge in [-0.2, -0.15) is 0 Å². The Labute approximate surface area is 116 Å². The molecule has 1 saturated heterocycles. The van der Waals surface area contributed by atoms with Gasteiger partial charge in [0.1, 0.15) is 5.60 Å². The average molecular weight is 266 g/mol. The van der Waals surface area contributed by atoms with Crippen LogP contribution in [0.2, 0.25) is 0 Å². The highest BCUT2D eigenvalue weighted by atomic mass is 16.6. The van der Waals surface area contributed by atoms with Crippen LogP contribution in [0.1, 0.15) is 40.5 Å². The summed E-state index contributed by atoms with van der Waals surface area (Å²) in [5.41, 5.74) is 0.627. The van der Waals surface area contributed by atoms with Gasteiger partial charge in [-0.1, -0.05) is 12.7 Å². The second kappa shape index (κ2) is 6.64. The fraction of sp³-hybridized carbons (Fsp3) is 0.667. The number of amides is 1. The molecule has 0 aliphatic carbocycles. The Bertz CT molecular complexity index is 356. The van der Waals surface area contributed by atoms with Gasteiger partial charge in [0.05, 0.1) is 6.04 Å². The van der Waals surface area contributed by atoms with Gasteiger partial charge in [-0.15, -0.1) is 0 Å². The number of hydrogen-bond donors (Lipinski definition) is 1. The zero-order valence-electron chi connectivity index (χ0n) is 12.5. The van der Waals surface area contributed by atoms with Crippen molar-refractivity contribution in [2.75, 3.05) is 13.1 Å². The molecule has 0 aromatic carbocycles. The summed E-state index contributed by atoms with van der Waals surface area (Å²) < 4.78 is 5.43. The van der Waals surface area contributed by atoms with Gasteiger partial charge in [0.15, 0.2) is 0 Å². The van der Waals surface area contributed by atoms with E-state index in [1.54, 1.807) is 6.08 Å². The molecule has 1 amide bonds. The van der Waals surface area contributed by atoms with E-state index in [9.17, 15) is 4.79 Å². The Morgan fingerprint density at radius 3 is 2.79 bits per heavy atom. The van der Waals surface area contributed by atoms with E-state index >= 15 is 0 Å². The predicted molar refractivity (Wildman–Crippen MR) is 77.9 cm³/mol. The first-order valence-electron chi connectivity index (χ1n) is 6.86. The average Bonchev–Trinajstić information content (AvgIpc) is 2.72. The molecule has 0 aromatic heterocycles. The zero-order chi connectivity index (χ0) is 14.5. The summed E-state index contributed by atoms with van der Waals surface area (Å²) in [6.07, 6.45) is 5.53. The van der Waals surface area contributed by atoms with Gasteiger partial charge in [-0.25, -0.2) is 4.79 Å². The molecule has 4 nitrogen and oxygen atoms in total. The molecule has 1 atom stereocenters. The quantitative estimate of drug-likeness (QED) is 0.795. The van der Waals surface area contributed by atoms with Gasteiger partial charge in [-0.05, 0) is 46.6 Å². The lowest BCUT2D eigenvalue weighted by Crippen LogP contribution is -2.43. The van der Waals surface area contributed by atoms with E-state index in [2.05, 4.69) is 11.9 Å². The van der Waals surface area contributed by atoms with Crippen molar-refractivity contribution in [1.82, 2.24) is 10.2 Å². The van der Waals surface area contributed by atoms with Gasteiger partial charge in [0.2, 0.25) is 0 Å². The van der Waals surface area contributed by atoms with E-state index in [0.29, 0.717) is 0 Å². The minimum atomic E-state index is -0.434. The van der Waals surface area contributed by atoms with Crippen LogP contribution < -0.4 is 5.32 Å². The number of likely N-dealkylation sites (tertiary alicyclic amines) is 1. The third-order valence-corrected chi connectivity index (χ3v) is 2.99. The van der Waals surface area contributed by atoms with E-state index in [-0.39, 0.29) is 12.1 Å². The molecular weight excluding hydrogens is 240 g/mol. The molecule has 1 aliphatic heterocycles. The molecule has 0 radical (unpaired) electrons. The summed E-state index contributed by atoms with van der Waals surface area (Å²) >= 11 is 0. The minimum absolute atomic E-state index is 0.206. The normalized spacial score (nSPS) is 20.3. The Morgan fingerprint density at radius 1 is 1.53 bits per heavy atom. The molecular formula is C15H26N2O2. The molecule has 0 unspecified atom stereocenters. The van der Waals surface area contributed by atoms with Crippen LogP contribution in [0.3, 0.4) is 0 Å². The van der Waals surface area contributed by atoms with Gasteiger partial charge in [0.25, 0.3) is 0 Å². The second-order valence-electron chi connectivity index (χ2n) is 5.94. The first-order chi connectivity index (χ1) is 8.83. The molecule has 0 bridgehead atoms. The summed E-state index contributed by atoms with van der Waals surface area (Å²) in [7, 11) is 0. The molecule has 1 rings (SSSR count). The van der Waals surface area contributed by atoms with Crippen molar-refractivity contribution in [2.45, 2.75) is 52.2 Å². The van der Waals surface area contributed by atoms with E-state index in [1.165, 1.54) is 0 Å². The number of nitrogens with zero attached hydrogens (tertiary/aromatic N) is 1. The maximum absolute atomic E-state index is 12.1. The number of ether oxygens (including phenoxy) is 1. The third kappa shape index (κ3) is 5.37. The third-order valence-electron chi connectivity index (χ3n) is 2.99. The number of carbonyl (C=O) groups excluding carboxylic acids is 1. The molecule has 1 fully saturated rings. The van der Waals surface area contributed by atoms with Gasteiger partial charge < -0.3 is 15.0 Å². The predicted octanol–water partition coefficient (Wildman–Crippen LogP) is 3.07. The Morgan fingerprint density at radius 2 is 2.21 bits per heavy atom. The summed E-state index contributed by atoms with van der Waals surface area (Å²) in [4.78, 5) is 13.9. The van der Waals surface area contributed by atoms with E-state index in [0.717, 1.165) is 31.6 Å². The number of carbonyl (C=O) groups is 1. The fourth-order valence-corrected chi connectivity index (χ4v) is 2.12. The van der Waals surface area contributed by atoms with Crippen molar-refractivity contribution >= 4 is 6.09 Å². The van der Waals surface area contributed by atoms with Crippen molar-refractivity contribution in [3.05, 3.63) is 24.4 Å². The topological polar surface area (TPSA) is 41.6 Å². The van der Waals surface area contributed by atoms with Crippen LogP contribution in [-0.2, 0) is 4.74 Å². The van der Waals surface area contributed by atoms with Crippen molar-refractivity contribution < 1.29 is 9.53 Å². The highest BCUT2D eigenvalue weighted by molar-refractivity contribution is 5.69. The van der Waals surface area contributed by atoms with Crippen molar-refractivity contribution in [2.24, 2.45) is 0 Å². The van der Waals surface area contributed by atoms with Gasteiger partial charge in [-0.3, -0.25) is 0 Å². The van der Waals surface area contributed by atoms with E-state index in [1.807, 2.05) is 38.7 Å². The molecule has 1 aliphatic rings. The summed E-state index contributed by atoms with van der Waals surface area (Å²) in [5, 5.41) is 3.31. The molecule has 1 heterocycles. The largest absolute Gasteiger partial charge is 0.444 e. The second-order valence-corrected chi connectivity index (χ2v) is 5.94. The molecule has 1 N–H and O–H groups in total. The van der Waals surface area contributed by atoms with Crippen LogP contribution >= 0.6 is 0 Å². The number of rotatable bonds is 4. The first-order valence-corrected chi connectivity index (χ1v) is 6.86. The summed E-state index contributed by atoms with van der Waals surface area (Å²) in [6, 6.07) is 0.211. The van der Waals surface area contributed by atoms with Crippen LogP contribution in [0.15, 0.2) is 24.4 Å². The highest BCUT2D eigenvalue weighted by Gasteiger charge is 2.31. The Hall–Kier alpha value is -1.45. The molecule has 108 valence electrons. The lowest BCUT2D eigenvalue weighted by atomic mass is 10.2. The van der Waals surface area contributed by atoms with Crippen LogP contribution in [-0.4, -0.2) is 35.7 Å². The molecule has 0 spiro atoms. The fourth-order valence-electron chi connectivity index (χ4n) is 2.12. The summed E-state index contributed by atoms with van der Waals surface area (Å²) in [6.45, 7) is 12.9. The number of nitrogens with one attached hydrogen (secondary N) is 1. The molecule has 0 aromatic rings. The molecule has 19 heavy (non-hydrogen) atoms. The zero-order valence-corrected chi connectivity index (χ0v) is 12.5. The van der Waals surface area contributed by atoms with E-state index in [4.69, 9.17) is 4.74 Å². The van der Waals surface area contributed by atoms with Gasteiger partial charge in [0, 0.05) is 18.8 Å². The standard InChI is InChI=1S/C15H26N2O2/c1-6-8-12(2)16-11-13-9-7-10-17(13)14(18)19-15(3,4)5/h6,8,13,16H,1,7,9-11H2,2-5H3/b12-8+/t13-/m0/s1. The number of hydrogen-bond acceptors (Lipinski definition) is 3. The van der Waals surface area contributed by atoms with Crippen molar-refractivity contribution in [3.63, 3.8) is 0 Å². The maximum atomic E-state index is 12.1. The van der Waals surface area contributed by atoms with Gasteiger partial charge >= 0.3 is 6.09 Å². The maximum Gasteiger partial charge on any atom is 0.410 e. The lowest BCUT2D eigenvalue weighted by molar-refractivity contribution is 0.0228. The van der Waals surface area contributed by atoms with E-state index < -0.39 is 5.60 Å². The number of allylic oxidation sites excluding steroid dienone is 3. The molecule has 4 heteroatoms. The Balaban J connectivity index is 2.52. The first kappa shape index (κ1) is 15.6.